The Hall–Kier alpha value is -2.57. The molecule has 7 heterocycles. The van der Waals surface area contributed by atoms with Gasteiger partial charge in [0.1, 0.15) is 5.50 Å². The molecule has 7 aliphatic rings. The van der Waals surface area contributed by atoms with Crippen molar-refractivity contribution in [2.75, 3.05) is 70.3 Å². The summed E-state index contributed by atoms with van der Waals surface area (Å²) in [5.74, 6) is 0.820. The van der Waals surface area contributed by atoms with Gasteiger partial charge in [-0.25, -0.2) is 0 Å². The summed E-state index contributed by atoms with van der Waals surface area (Å²) in [6.07, 6.45) is 13.1. The highest BCUT2D eigenvalue weighted by Crippen LogP contribution is 2.32. The number of thioether (sulfide) groups is 1. The zero-order chi connectivity index (χ0) is 41.0. The molecule has 6 aliphatic heterocycles. The molecule has 8 rings (SSSR count). The molecule has 59 heavy (non-hydrogen) atoms. The van der Waals surface area contributed by atoms with Crippen LogP contribution in [0.1, 0.15) is 89.5 Å². The largest absolute Gasteiger partial charge is 0.370 e. The number of alkyl halides is 1. The van der Waals surface area contributed by atoms with Gasteiger partial charge in [0, 0.05) is 83.4 Å². The lowest BCUT2D eigenvalue weighted by atomic mass is 9.85. The van der Waals surface area contributed by atoms with E-state index in [-0.39, 0.29) is 70.2 Å². The molecule has 0 aromatic carbocycles. The van der Waals surface area contributed by atoms with Gasteiger partial charge >= 0.3 is 0 Å². The average molecular weight is 857 g/mol. The Labute approximate surface area is 359 Å². The van der Waals surface area contributed by atoms with Crippen LogP contribution in [0.2, 0.25) is 0 Å². The number of amides is 4. The molecule has 4 amide bonds. The molecular weight excluding hydrogens is 790 g/mol. The first kappa shape index (κ1) is 43.1. The Kier molecular flexibility index (Phi) is 14.3. The number of likely N-dealkylation sites (tertiary alicyclic amines) is 1. The summed E-state index contributed by atoms with van der Waals surface area (Å²) in [4.78, 5) is 65.0. The molecule has 0 radical (unpaired) electrons. The van der Waals surface area contributed by atoms with E-state index >= 15 is 0 Å². The number of anilines is 1. The van der Waals surface area contributed by atoms with E-state index < -0.39 is 0 Å². The van der Waals surface area contributed by atoms with E-state index in [1.54, 1.807) is 18.0 Å². The third-order valence-electron chi connectivity index (χ3n) is 14.1. The molecule has 0 spiro atoms. The SMILES string of the molecule is CC1NC(NC2NCC(C(=O)NC3C(C)CCCC3Cl)S2)CC(N2CCN(C(=O)C3CCN(CC4CCN(c5cncc(C6CCC(=O)NC6=O)c5)CC4)CC3)CC2)N1. The summed E-state index contributed by atoms with van der Waals surface area (Å²) in [6, 6.07) is 2.12. The zero-order valence-electron chi connectivity index (χ0n) is 34.9. The van der Waals surface area contributed by atoms with Gasteiger partial charge in [-0.1, -0.05) is 13.3 Å². The molecule has 9 atom stereocenters. The molecule has 6 N–H and O–H groups in total. The number of nitrogens with one attached hydrogen (secondary N) is 6. The van der Waals surface area contributed by atoms with Gasteiger partial charge in [-0.05, 0) is 88.4 Å². The van der Waals surface area contributed by atoms with Crippen molar-refractivity contribution in [3.05, 3.63) is 24.0 Å². The van der Waals surface area contributed by atoms with Crippen molar-refractivity contribution < 1.29 is 19.2 Å². The summed E-state index contributed by atoms with van der Waals surface area (Å²) in [5.41, 5.74) is 1.92. The molecule has 15 nitrogen and oxygen atoms in total. The number of carbonyl (C=O) groups excluding carboxylic acids is 4. The summed E-state index contributed by atoms with van der Waals surface area (Å²) in [5, 5.41) is 20.2. The van der Waals surface area contributed by atoms with E-state index in [0.717, 1.165) is 122 Å². The number of imide groups is 1. The van der Waals surface area contributed by atoms with Gasteiger partial charge in [-0.2, -0.15) is 0 Å². The number of piperazine rings is 1. The molecule has 1 aromatic rings. The van der Waals surface area contributed by atoms with Crippen LogP contribution in [0.25, 0.3) is 0 Å². The minimum atomic E-state index is -0.318. The second-order valence-electron chi connectivity index (χ2n) is 18.2. The Morgan fingerprint density at radius 1 is 0.932 bits per heavy atom. The van der Waals surface area contributed by atoms with Crippen LogP contribution in [0.4, 0.5) is 5.69 Å². The van der Waals surface area contributed by atoms with E-state index in [0.29, 0.717) is 37.1 Å². The van der Waals surface area contributed by atoms with Crippen molar-refractivity contribution in [2.45, 2.75) is 125 Å². The molecule has 326 valence electrons. The normalized spacial score (nSPS) is 34.8. The number of pyridine rings is 1. The molecule has 0 bridgehead atoms. The predicted octanol–water partition coefficient (Wildman–Crippen LogP) is 1.75. The van der Waals surface area contributed by atoms with Crippen LogP contribution in [0.5, 0.6) is 0 Å². The van der Waals surface area contributed by atoms with Gasteiger partial charge in [0.2, 0.25) is 23.6 Å². The summed E-state index contributed by atoms with van der Waals surface area (Å²) >= 11 is 8.26. The molecule has 1 aliphatic carbocycles. The number of piperidine rings is 3. The molecule has 1 saturated carbocycles. The second-order valence-corrected chi connectivity index (χ2v) is 20.1. The van der Waals surface area contributed by atoms with Crippen LogP contribution in [-0.2, 0) is 19.2 Å². The van der Waals surface area contributed by atoms with Gasteiger partial charge in [-0.3, -0.25) is 55.6 Å². The number of hydrogen-bond acceptors (Lipinski definition) is 13. The van der Waals surface area contributed by atoms with E-state index in [4.69, 9.17) is 11.6 Å². The minimum absolute atomic E-state index is 0.00539. The summed E-state index contributed by atoms with van der Waals surface area (Å²) in [6.45, 7) is 13.2. The molecule has 9 unspecified atom stereocenters. The second kappa shape index (κ2) is 19.6. The number of carbonyl (C=O) groups is 4. The Morgan fingerprint density at radius 2 is 1.71 bits per heavy atom. The number of aromatic nitrogens is 1. The van der Waals surface area contributed by atoms with Gasteiger partial charge in [0.25, 0.3) is 0 Å². The van der Waals surface area contributed by atoms with Crippen molar-refractivity contribution in [1.82, 2.24) is 51.6 Å². The van der Waals surface area contributed by atoms with E-state index in [9.17, 15) is 19.2 Å². The monoisotopic (exact) mass is 855 g/mol. The maximum absolute atomic E-state index is 13.7. The van der Waals surface area contributed by atoms with E-state index in [1.165, 1.54) is 0 Å². The predicted molar refractivity (Wildman–Crippen MR) is 230 cm³/mol. The van der Waals surface area contributed by atoms with Gasteiger partial charge in [0.15, 0.2) is 0 Å². The van der Waals surface area contributed by atoms with Crippen molar-refractivity contribution in [1.29, 1.82) is 0 Å². The van der Waals surface area contributed by atoms with Crippen molar-refractivity contribution >= 4 is 52.7 Å². The molecule has 1 aromatic heterocycles. The topological polar surface area (TPSA) is 166 Å². The Morgan fingerprint density at radius 3 is 2.46 bits per heavy atom. The lowest BCUT2D eigenvalue weighted by Crippen LogP contribution is -2.68. The fourth-order valence-corrected chi connectivity index (χ4v) is 12.2. The third-order valence-corrected chi connectivity index (χ3v) is 15.9. The van der Waals surface area contributed by atoms with Crippen LogP contribution < -0.4 is 36.8 Å². The quantitative estimate of drug-likeness (QED) is 0.149. The fraction of sp³-hybridized carbons (Fsp3) is 0.786. The first-order valence-corrected chi connectivity index (χ1v) is 23.8. The maximum Gasteiger partial charge on any atom is 0.234 e. The van der Waals surface area contributed by atoms with Crippen molar-refractivity contribution in [3.8, 4) is 0 Å². The van der Waals surface area contributed by atoms with Crippen LogP contribution in [0.3, 0.4) is 0 Å². The van der Waals surface area contributed by atoms with Gasteiger partial charge in [0.05, 0.1) is 46.9 Å². The van der Waals surface area contributed by atoms with E-state index in [1.807, 2.05) is 6.20 Å². The fourth-order valence-electron chi connectivity index (χ4n) is 10.6. The Balaban J connectivity index is 0.723. The van der Waals surface area contributed by atoms with Gasteiger partial charge < -0.3 is 20.0 Å². The van der Waals surface area contributed by atoms with Crippen molar-refractivity contribution in [2.24, 2.45) is 17.8 Å². The highest BCUT2D eigenvalue weighted by molar-refractivity contribution is 8.01. The molecule has 17 heteroatoms. The van der Waals surface area contributed by atoms with Crippen molar-refractivity contribution in [3.63, 3.8) is 0 Å². The number of nitrogens with zero attached hydrogens (tertiary/aromatic N) is 5. The molecule has 7 fully saturated rings. The Bertz CT molecular complexity index is 1630. The average Bonchev–Trinajstić information content (AvgIpc) is 3.71. The van der Waals surface area contributed by atoms with Crippen LogP contribution in [-0.4, -0.2) is 149 Å². The van der Waals surface area contributed by atoms with Crippen LogP contribution in [0, 0.1) is 17.8 Å². The maximum atomic E-state index is 13.7. The standard InChI is InChI=1S/C42H66ClN11O4S/c1-26-4-3-5-33(43)38(26)50-40(57)34-24-45-42(59-34)48-35-21-36(47-27(2)46-35)53-16-18-54(19-17-53)41(58)29-10-12-51(13-11-29)25-28-8-14-52(15-9-28)31-20-30(22-44-23-31)32-6-7-37(55)49-39(32)56/h20,22-23,26-29,32-36,38,42,45-48H,3-19,21,24-25H2,1-2H3,(H,50,57)(H,49,55,56). The molecule has 6 saturated heterocycles. The number of rotatable bonds is 10. The first-order valence-electron chi connectivity index (χ1n) is 22.5. The number of hydrogen-bond donors (Lipinski definition) is 6. The smallest absolute Gasteiger partial charge is 0.234 e. The lowest BCUT2D eigenvalue weighted by Gasteiger charge is -2.46. The van der Waals surface area contributed by atoms with Gasteiger partial charge in [-0.15, -0.1) is 23.4 Å². The highest BCUT2D eigenvalue weighted by atomic mass is 35.5. The summed E-state index contributed by atoms with van der Waals surface area (Å²) < 4.78 is 0. The number of halogens is 1. The van der Waals surface area contributed by atoms with Crippen LogP contribution >= 0.6 is 23.4 Å². The third kappa shape index (κ3) is 10.7. The lowest BCUT2D eigenvalue weighted by molar-refractivity contribution is -0.139. The van der Waals surface area contributed by atoms with E-state index in [2.05, 4.69) is 76.4 Å². The zero-order valence-corrected chi connectivity index (χ0v) is 36.5. The minimum Gasteiger partial charge on any atom is -0.370 e. The summed E-state index contributed by atoms with van der Waals surface area (Å²) in [7, 11) is 0. The first-order chi connectivity index (χ1) is 28.6. The van der Waals surface area contributed by atoms with Crippen LogP contribution in [0.15, 0.2) is 18.5 Å². The highest BCUT2D eigenvalue weighted by Gasteiger charge is 2.39. The molecular formula is C42H66ClN11O4S.